The Labute approximate surface area is 91.8 Å². The highest BCUT2D eigenvalue weighted by Crippen LogP contribution is 2.26. The summed E-state index contributed by atoms with van der Waals surface area (Å²) in [7, 11) is 0. The van der Waals surface area contributed by atoms with Crippen molar-refractivity contribution < 1.29 is 4.39 Å². The molecule has 1 heteroatoms. The molecule has 0 nitrogen and oxygen atoms in total. The number of allylic oxidation sites excluding steroid dienone is 1. The molecule has 0 aliphatic rings. The molecule has 0 spiro atoms. The fourth-order valence-corrected chi connectivity index (χ4v) is 1.73. The average molecular weight is 206 g/mol. The zero-order chi connectivity index (χ0) is 11.6. The molecule has 0 saturated carbocycles. The van der Waals surface area contributed by atoms with Gasteiger partial charge in [-0.1, -0.05) is 39.0 Å². The van der Waals surface area contributed by atoms with Crippen molar-refractivity contribution in [3.05, 3.63) is 41.2 Å². The normalized spacial score (nSPS) is 10.8. The van der Waals surface area contributed by atoms with E-state index in [0.29, 0.717) is 12.3 Å². The molecule has 1 rings (SSSR count). The van der Waals surface area contributed by atoms with E-state index in [4.69, 9.17) is 0 Å². The first kappa shape index (κ1) is 12.0. The van der Waals surface area contributed by atoms with Crippen molar-refractivity contribution in [1.82, 2.24) is 0 Å². The molecule has 0 heterocycles. The molecule has 0 N–H and O–H groups in total. The van der Waals surface area contributed by atoms with Crippen LogP contribution in [-0.4, -0.2) is 0 Å². The summed E-state index contributed by atoms with van der Waals surface area (Å²) < 4.78 is 13.8. The van der Waals surface area contributed by atoms with E-state index >= 15 is 0 Å². The van der Waals surface area contributed by atoms with Gasteiger partial charge in [0, 0.05) is 0 Å². The Kier molecular flexibility index (Phi) is 3.67. The van der Waals surface area contributed by atoms with E-state index < -0.39 is 0 Å². The van der Waals surface area contributed by atoms with E-state index in [1.807, 2.05) is 13.8 Å². The van der Waals surface area contributed by atoms with Crippen LogP contribution in [0, 0.1) is 5.82 Å². The smallest absolute Gasteiger partial charge is 0.127 e. The van der Waals surface area contributed by atoms with Crippen molar-refractivity contribution >= 4 is 5.57 Å². The van der Waals surface area contributed by atoms with Gasteiger partial charge in [-0.2, -0.15) is 0 Å². The maximum Gasteiger partial charge on any atom is 0.127 e. The number of hydrogen-bond acceptors (Lipinski definition) is 0. The number of halogens is 1. The first-order valence-corrected chi connectivity index (χ1v) is 5.45. The van der Waals surface area contributed by atoms with Crippen molar-refractivity contribution in [2.75, 3.05) is 0 Å². The zero-order valence-electron chi connectivity index (χ0n) is 10.0. The molecule has 15 heavy (non-hydrogen) atoms. The first-order chi connectivity index (χ1) is 6.97. The summed E-state index contributed by atoms with van der Waals surface area (Å²) >= 11 is 0. The van der Waals surface area contributed by atoms with Crippen LogP contribution in [0.1, 0.15) is 50.3 Å². The third-order valence-corrected chi connectivity index (χ3v) is 2.70. The number of hydrogen-bond donors (Lipinski definition) is 0. The standard InChI is InChI=1S/C14H19F/c1-6-12-13(10(4)5)7-11(9(2)3)8-14(12)15/h7-9H,4,6H2,1-3,5H3. The third-order valence-electron chi connectivity index (χ3n) is 2.70. The van der Waals surface area contributed by atoms with Crippen LogP contribution < -0.4 is 0 Å². The van der Waals surface area contributed by atoms with E-state index in [0.717, 1.165) is 22.3 Å². The summed E-state index contributed by atoms with van der Waals surface area (Å²) in [6.07, 6.45) is 0.715. The van der Waals surface area contributed by atoms with Gasteiger partial charge in [-0.25, -0.2) is 4.39 Å². The highest BCUT2D eigenvalue weighted by atomic mass is 19.1. The molecule has 0 atom stereocenters. The number of benzene rings is 1. The van der Waals surface area contributed by atoms with Gasteiger partial charge < -0.3 is 0 Å². The third kappa shape index (κ3) is 2.47. The molecule has 0 bridgehead atoms. The lowest BCUT2D eigenvalue weighted by atomic mass is 9.93. The molecule has 0 aliphatic carbocycles. The number of rotatable bonds is 3. The summed E-state index contributed by atoms with van der Waals surface area (Å²) in [4.78, 5) is 0. The van der Waals surface area contributed by atoms with E-state index in [1.54, 1.807) is 6.07 Å². The average Bonchev–Trinajstić information content (AvgIpc) is 2.16. The van der Waals surface area contributed by atoms with Crippen LogP contribution in [0.15, 0.2) is 18.7 Å². The van der Waals surface area contributed by atoms with Crippen molar-refractivity contribution in [3.63, 3.8) is 0 Å². The highest BCUT2D eigenvalue weighted by Gasteiger charge is 2.11. The molecule has 0 aliphatic heterocycles. The fourth-order valence-electron chi connectivity index (χ4n) is 1.73. The SMILES string of the molecule is C=C(C)c1cc(C(C)C)cc(F)c1CC. The van der Waals surface area contributed by atoms with Gasteiger partial charge in [0.25, 0.3) is 0 Å². The molecule has 0 aromatic heterocycles. The van der Waals surface area contributed by atoms with Gasteiger partial charge >= 0.3 is 0 Å². The molecule has 0 unspecified atom stereocenters. The van der Waals surface area contributed by atoms with Crippen LogP contribution in [0.25, 0.3) is 5.57 Å². The molecule has 0 fully saturated rings. The van der Waals surface area contributed by atoms with Crippen molar-refractivity contribution in [2.24, 2.45) is 0 Å². The van der Waals surface area contributed by atoms with Crippen molar-refractivity contribution in [3.8, 4) is 0 Å². The highest BCUT2D eigenvalue weighted by molar-refractivity contribution is 5.65. The lowest BCUT2D eigenvalue weighted by Gasteiger charge is -2.13. The van der Waals surface area contributed by atoms with E-state index in [2.05, 4.69) is 26.5 Å². The molecule has 1 aromatic rings. The Morgan fingerprint density at radius 1 is 1.40 bits per heavy atom. The molecule has 82 valence electrons. The monoisotopic (exact) mass is 206 g/mol. The van der Waals surface area contributed by atoms with Crippen LogP contribution >= 0.6 is 0 Å². The summed E-state index contributed by atoms with van der Waals surface area (Å²) in [5.41, 5.74) is 3.74. The van der Waals surface area contributed by atoms with Gasteiger partial charge in [0.1, 0.15) is 5.82 Å². The van der Waals surface area contributed by atoms with Crippen LogP contribution in [0.5, 0.6) is 0 Å². The maximum absolute atomic E-state index is 13.8. The minimum Gasteiger partial charge on any atom is -0.207 e. The predicted octanol–water partition coefficient (Wildman–Crippen LogP) is 4.54. The Balaban J connectivity index is 3.38. The topological polar surface area (TPSA) is 0 Å². The summed E-state index contributed by atoms with van der Waals surface area (Å²) in [5.74, 6) is 0.255. The predicted molar refractivity (Wildman–Crippen MR) is 64.6 cm³/mol. The van der Waals surface area contributed by atoms with Gasteiger partial charge in [-0.05, 0) is 42.0 Å². The van der Waals surface area contributed by atoms with Gasteiger partial charge in [0.2, 0.25) is 0 Å². The van der Waals surface area contributed by atoms with Crippen LogP contribution in [0.2, 0.25) is 0 Å². The quantitative estimate of drug-likeness (QED) is 0.681. The summed E-state index contributed by atoms with van der Waals surface area (Å²) in [5, 5.41) is 0. The van der Waals surface area contributed by atoms with Crippen LogP contribution in [-0.2, 0) is 6.42 Å². The van der Waals surface area contributed by atoms with E-state index in [1.165, 1.54) is 0 Å². The Morgan fingerprint density at radius 2 is 2.00 bits per heavy atom. The fraction of sp³-hybridized carbons (Fsp3) is 0.429. The van der Waals surface area contributed by atoms with Crippen molar-refractivity contribution in [1.29, 1.82) is 0 Å². The van der Waals surface area contributed by atoms with Gasteiger partial charge in [-0.3, -0.25) is 0 Å². The largest absolute Gasteiger partial charge is 0.207 e. The molecular formula is C14H19F. The second-order valence-corrected chi connectivity index (χ2v) is 4.32. The second kappa shape index (κ2) is 4.61. The van der Waals surface area contributed by atoms with Crippen molar-refractivity contribution in [2.45, 2.75) is 40.0 Å². The lowest BCUT2D eigenvalue weighted by molar-refractivity contribution is 0.607. The Bertz CT molecular complexity index is 375. The molecule has 1 aromatic carbocycles. The molecule has 0 amide bonds. The lowest BCUT2D eigenvalue weighted by Crippen LogP contribution is -1.99. The second-order valence-electron chi connectivity index (χ2n) is 4.32. The van der Waals surface area contributed by atoms with Gasteiger partial charge in [-0.15, -0.1) is 0 Å². The Hall–Kier alpha value is -1.11. The van der Waals surface area contributed by atoms with E-state index in [9.17, 15) is 4.39 Å². The molecule has 0 saturated heterocycles. The van der Waals surface area contributed by atoms with Crippen LogP contribution in [0.4, 0.5) is 4.39 Å². The molecular weight excluding hydrogens is 187 g/mol. The first-order valence-electron chi connectivity index (χ1n) is 5.45. The van der Waals surface area contributed by atoms with Crippen LogP contribution in [0.3, 0.4) is 0 Å². The molecule has 0 radical (unpaired) electrons. The Morgan fingerprint density at radius 3 is 2.40 bits per heavy atom. The maximum atomic E-state index is 13.8. The van der Waals surface area contributed by atoms with E-state index in [-0.39, 0.29) is 5.82 Å². The van der Waals surface area contributed by atoms with Gasteiger partial charge in [0.15, 0.2) is 0 Å². The summed E-state index contributed by atoms with van der Waals surface area (Å²) in [6, 6.07) is 3.71. The minimum atomic E-state index is -0.0956. The minimum absolute atomic E-state index is 0.0956. The van der Waals surface area contributed by atoms with Gasteiger partial charge in [0.05, 0.1) is 0 Å². The summed E-state index contributed by atoms with van der Waals surface area (Å²) in [6.45, 7) is 12.0. The zero-order valence-corrected chi connectivity index (χ0v) is 10.0.